The van der Waals surface area contributed by atoms with Crippen LogP contribution < -0.4 is 10.6 Å². The van der Waals surface area contributed by atoms with Crippen molar-refractivity contribution >= 4 is 6.03 Å². The van der Waals surface area contributed by atoms with Gasteiger partial charge in [-0.15, -0.1) is 0 Å². The number of likely N-dealkylation sites (N-methyl/N-ethyl adjacent to an activating group) is 1. The molecule has 11 heavy (non-hydrogen) atoms. The van der Waals surface area contributed by atoms with Crippen molar-refractivity contribution in [2.24, 2.45) is 0 Å². The molecule has 0 heterocycles. The van der Waals surface area contributed by atoms with E-state index < -0.39 is 0 Å². The second-order valence-electron chi connectivity index (χ2n) is 2.48. The van der Waals surface area contributed by atoms with Gasteiger partial charge in [-0.2, -0.15) is 0 Å². The summed E-state index contributed by atoms with van der Waals surface area (Å²) in [7, 11) is 3.45. The first kappa shape index (κ1) is 10.2. The Morgan fingerprint density at radius 2 is 2.00 bits per heavy atom. The lowest BCUT2D eigenvalue weighted by Gasteiger charge is -2.11. The molecule has 4 nitrogen and oxygen atoms in total. The van der Waals surface area contributed by atoms with E-state index in [-0.39, 0.29) is 6.03 Å². The van der Waals surface area contributed by atoms with Crippen molar-refractivity contribution in [3.8, 4) is 0 Å². The van der Waals surface area contributed by atoms with E-state index in [4.69, 9.17) is 0 Å². The molecule has 66 valence electrons. The predicted octanol–water partition coefficient (Wildman–Crippen LogP) is -0.133. The van der Waals surface area contributed by atoms with Gasteiger partial charge in [0.1, 0.15) is 0 Å². The molecule has 0 aliphatic carbocycles. The first-order valence-corrected chi connectivity index (χ1v) is 3.84. The Kier molecular flexibility index (Phi) is 5.56. The lowest BCUT2D eigenvalue weighted by atomic mass is 10.6. The van der Waals surface area contributed by atoms with Crippen LogP contribution in [0.1, 0.15) is 6.92 Å². The molecule has 0 spiro atoms. The van der Waals surface area contributed by atoms with Crippen molar-refractivity contribution in [2.45, 2.75) is 6.92 Å². The van der Waals surface area contributed by atoms with Crippen LogP contribution in [0.3, 0.4) is 0 Å². The summed E-state index contributed by atoms with van der Waals surface area (Å²) in [5.41, 5.74) is 0. The first-order chi connectivity index (χ1) is 5.18. The summed E-state index contributed by atoms with van der Waals surface area (Å²) in [6.07, 6.45) is 0. The molecule has 0 saturated carbocycles. The van der Waals surface area contributed by atoms with Crippen molar-refractivity contribution < 1.29 is 4.79 Å². The van der Waals surface area contributed by atoms with Gasteiger partial charge in [-0.25, -0.2) is 4.79 Å². The average molecular weight is 159 g/mol. The summed E-state index contributed by atoms with van der Waals surface area (Å²) in [6.45, 7) is 4.49. The third-order valence-electron chi connectivity index (χ3n) is 1.23. The van der Waals surface area contributed by atoms with E-state index in [1.54, 1.807) is 14.1 Å². The molecule has 2 N–H and O–H groups in total. The van der Waals surface area contributed by atoms with Crippen LogP contribution in [0.25, 0.3) is 0 Å². The lowest BCUT2D eigenvalue weighted by Crippen LogP contribution is -2.38. The molecule has 0 atom stereocenters. The zero-order valence-corrected chi connectivity index (χ0v) is 7.48. The molecule has 0 fully saturated rings. The minimum atomic E-state index is -0.0390. The molecule has 0 unspecified atom stereocenters. The fourth-order valence-corrected chi connectivity index (χ4v) is 0.593. The predicted molar refractivity (Wildman–Crippen MR) is 45.6 cm³/mol. The van der Waals surface area contributed by atoms with Crippen LogP contribution in [-0.2, 0) is 0 Å². The Morgan fingerprint density at radius 3 is 2.45 bits per heavy atom. The average Bonchev–Trinajstić information content (AvgIpc) is 1.97. The number of nitrogens with zero attached hydrogens (tertiary/aromatic N) is 1. The maximum absolute atomic E-state index is 10.9. The van der Waals surface area contributed by atoms with Gasteiger partial charge in [0.05, 0.1) is 0 Å². The summed E-state index contributed by atoms with van der Waals surface area (Å²) < 4.78 is 0. The van der Waals surface area contributed by atoms with Gasteiger partial charge >= 0.3 is 6.03 Å². The maximum atomic E-state index is 10.9. The number of urea groups is 1. The van der Waals surface area contributed by atoms with Gasteiger partial charge in [-0.1, -0.05) is 6.92 Å². The van der Waals surface area contributed by atoms with E-state index in [1.165, 1.54) is 4.90 Å². The van der Waals surface area contributed by atoms with Crippen molar-refractivity contribution in [3.05, 3.63) is 0 Å². The second kappa shape index (κ2) is 5.97. The highest BCUT2D eigenvalue weighted by Gasteiger charge is 1.99. The minimum absolute atomic E-state index is 0.0390. The van der Waals surface area contributed by atoms with Crippen LogP contribution in [0.4, 0.5) is 4.79 Å². The molecule has 0 rings (SSSR count). The summed E-state index contributed by atoms with van der Waals surface area (Å²) >= 11 is 0. The zero-order valence-electron chi connectivity index (χ0n) is 7.48. The number of amides is 2. The van der Waals surface area contributed by atoms with Crippen LogP contribution in [-0.4, -0.2) is 44.7 Å². The summed E-state index contributed by atoms with van der Waals surface area (Å²) in [4.78, 5) is 12.4. The van der Waals surface area contributed by atoms with Gasteiger partial charge in [-0.3, -0.25) is 0 Å². The van der Waals surface area contributed by atoms with Gasteiger partial charge in [0, 0.05) is 27.2 Å². The Balaban J connectivity index is 3.18. The fraction of sp³-hybridized carbons (Fsp3) is 0.857. The molecule has 4 heteroatoms. The van der Waals surface area contributed by atoms with E-state index in [0.29, 0.717) is 6.54 Å². The maximum Gasteiger partial charge on any atom is 0.316 e. The monoisotopic (exact) mass is 159 g/mol. The topological polar surface area (TPSA) is 44.4 Å². The molecule has 0 aromatic carbocycles. The van der Waals surface area contributed by atoms with Crippen molar-refractivity contribution in [3.63, 3.8) is 0 Å². The van der Waals surface area contributed by atoms with Crippen LogP contribution >= 0.6 is 0 Å². The SMILES string of the molecule is CCNCCNC(=O)N(C)C. The third-order valence-corrected chi connectivity index (χ3v) is 1.23. The molecule has 0 saturated heterocycles. The highest BCUT2D eigenvalue weighted by Crippen LogP contribution is 1.74. The number of carbonyl (C=O) groups is 1. The molecule has 0 bridgehead atoms. The molecule has 0 aliphatic heterocycles. The lowest BCUT2D eigenvalue weighted by molar-refractivity contribution is 0.217. The largest absolute Gasteiger partial charge is 0.337 e. The number of hydrogen-bond acceptors (Lipinski definition) is 2. The van der Waals surface area contributed by atoms with E-state index in [2.05, 4.69) is 10.6 Å². The van der Waals surface area contributed by atoms with Gasteiger partial charge in [-0.05, 0) is 6.54 Å². The summed E-state index contributed by atoms with van der Waals surface area (Å²) in [5.74, 6) is 0. The second-order valence-corrected chi connectivity index (χ2v) is 2.48. The number of carbonyl (C=O) groups excluding carboxylic acids is 1. The quantitative estimate of drug-likeness (QED) is 0.561. The van der Waals surface area contributed by atoms with Crippen molar-refractivity contribution in [1.82, 2.24) is 15.5 Å². The van der Waals surface area contributed by atoms with Crippen molar-refractivity contribution in [2.75, 3.05) is 33.7 Å². The zero-order chi connectivity index (χ0) is 8.69. The Morgan fingerprint density at radius 1 is 1.36 bits per heavy atom. The minimum Gasteiger partial charge on any atom is -0.337 e. The van der Waals surface area contributed by atoms with Crippen LogP contribution in [0.5, 0.6) is 0 Å². The van der Waals surface area contributed by atoms with E-state index in [1.807, 2.05) is 6.92 Å². The Hall–Kier alpha value is -0.770. The van der Waals surface area contributed by atoms with Gasteiger partial charge in [0.15, 0.2) is 0 Å². The molecule has 0 aromatic heterocycles. The van der Waals surface area contributed by atoms with Crippen molar-refractivity contribution in [1.29, 1.82) is 0 Å². The highest BCUT2D eigenvalue weighted by molar-refractivity contribution is 5.73. The number of nitrogens with one attached hydrogen (secondary N) is 2. The summed E-state index contributed by atoms with van der Waals surface area (Å²) in [5, 5.41) is 5.85. The third kappa shape index (κ3) is 5.66. The van der Waals surface area contributed by atoms with Gasteiger partial charge < -0.3 is 15.5 Å². The standard InChI is InChI=1S/C7H17N3O/c1-4-8-5-6-9-7(11)10(2)3/h8H,4-6H2,1-3H3,(H,9,11). The van der Waals surface area contributed by atoms with E-state index >= 15 is 0 Å². The molecule has 0 aromatic rings. The van der Waals surface area contributed by atoms with Gasteiger partial charge in [0.2, 0.25) is 0 Å². The smallest absolute Gasteiger partial charge is 0.316 e. The molecular weight excluding hydrogens is 142 g/mol. The summed E-state index contributed by atoms with van der Waals surface area (Å²) in [6, 6.07) is -0.0390. The Bertz CT molecular complexity index is 114. The fourth-order valence-electron chi connectivity index (χ4n) is 0.593. The normalized spacial score (nSPS) is 9.36. The Labute approximate surface area is 67.9 Å². The van der Waals surface area contributed by atoms with Crippen LogP contribution in [0.15, 0.2) is 0 Å². The van der Waals surface area contributed by atoms with Gasteiger partial charge in [0.25, 0.3) is 0 Å². The van der Waals surface area contributed by atoms with Crippen LogP contribution in [0.2, 0.25) is 0 Å². The van der Waals surface area contributed by atoms with E-state index in [0.717, 1.165) is 13.1 Å². The number of rotatable bonds is 4. The molecule has 0 radical (unpaired) electrons. The molecular formula is C7H17N3O. The number of hydrogen-bond donors (Lipinski definition) is 2. The van der Waals surface area contributed by atoms with E-state index in [9.17, 15) is 4.79 Å². The first-order valence-electron chi connectivity index (χ1n) is 3.84. The highest BCUT2D eigenvalue weighted by atomic mass is 16.2. The molecule has 2 amide bonds. The molecule has 0 aliphatic rings. The van der Waals surface area contributed by atoms with Crippen LogP contribution in [0, 0.1) is 0 Å².